The molecule has 5 nitrogen and oxygen atoms in total. The molecule has 1 unspecified atom stereocenters. The molecule has 1 atom stereocenters. The molecule has 1 fully saturated rings. The highest BCUT2D eigenvalue weighted by atomic mass is 16.6. The van der Waals surface area contributed by atoms with E-state index >= 15 is 0 Å². The lowest BCUT2D eigenvalue weighted by atomic mass is 10.0. The second-order valence-corrected chi connectivity index (χ2v) is 4.96. The number of nitro benzene ring substituents is 1. The van der Waals surface area contributed by atoms with Crippen LogP contribution in [0.1, 0.15) is 31.7 Å². The third-order valence-electron chi connectivity index (χ3n) is 3.63. The Morgan fingerprint density at radius 3 is 3.00 bits per heavy atom. The van der Waals surface area contributed by atoms with Crippen LogP contribution in [-0.2, 0) is 0 Å². The fraction of sp³-hybridized carbons (Fsp3) is 0.500. The van der Waals surface area contributed by atoms with Crippen LogP contribution in [0.3, 0.4) is 0 Å². The number of nitrogens with zero attached hydrogens (tertiary/aromatic N) is 3. The summed E-state index contributed by atoms with van der Waals surface area (Å²) in [6, 6.07) is 6.61. The van der Waals surface area contributed by atoms with Crippen LogP contribution in [0.15, 0.2) is 18.2 Å². The van der Waals surface area contributed by atoms with E-state index in [9.17, 15) is 10.1 Å². The van der Waals surface area contributed by atoms with Crippen molar-refractivity contribution < 1.29 is 4.92 Å². The summed E-state index contributed by atoms with van der Waals surface area (Å²) in [4.78, 5) is 12.4. The van der Waals surface area contributed by atoms with E-state index in [-0.39, 0.29) is 5.69 Å². The van der Waals surface area contributed by atoms with Crippen molar-refractivity contribution in [1.29, 1.82) is 5.26 Å². The van der Waals surface area contributed by atoms with E-state index in [1.54, 1.807) is 6.07 Å². The summed E-state index contributed by atoms with van der Waals surface area (Å²) in [6.07, 6.45) is 3.50. The van der Waals surface area contributed by atoms with Gasteiger partial charge in [-0.05, 0) is 24.8 Å². The first kappa shape index (κ1) is 13.3. The van der Waals surface area contributed by atoms with Crippen LogP contribution < -0.4 is 4.90 Å². The van der Waals surface area contributed by atoms with E-state index in [0.29, 0.717) is 11.5 Å². The van der Waals surface area contributed by atoms with Crippen LogP contribution in [0.5, 0.6) is 0 Å². The van der Waals surface area contributed by atoms with E-state index in [1.807, 2.05) is 0 Å². The number of nitriles is 1. The molecule has 1 aliphatic heterocycles. The zero-order valence-corrected chi connectivity index (χ0v) is 11.0. The molecule has 0 bridgehead atoms. The van der Waals surface area contributed by atoms with Crippen molar-refractivity contribution in [2.45, 2.75) is 26.2 Å². The van der Waals surface area contributed by atoms with Gasteiger partial charge in [-0.25, -0.2) is 0 Å². The maximum Gasteiger partial charge on any atom is 0.270 e. The van der Waals surface area contributed by atoms with Gasteiger partial charge in [0.05, 0.1) is 16.2 Å². The summed E-state index contributed by atoms with van der Waals surface area (Å²) in [7, 11) is 0. The number of anilines is 1. The molecular weight excluding hydrogens is 242 g/mol. The van der Waals surface area contributed by atoms with Crippen LogP contribution in [0.4, 0.5) is 11.4 Å². The molecule has 100 valence electrons. The Labute approximate surface area is 112 Å². The SMILES string of the molecule is CCCC1CCN(c2ccc([N+](=O)[O-])cc2C#N)C1. The second kappa shape index (κ2) is 5.70. The number of rotatable bonds is 4. The molecular formula is C14H17N3O2. The van der Waals surface area contributed by atoms with Crippen molar-refractivity contribution in [3.63, 3.8) is 0 Å². The Bertz CT molecular complexity index is 522. The summed E-state index contributed by atoms with van der Waals surface area (Å²) < 4.78 is 0. The normalized spacial score (nSPS) is 18.3. The van der Waals surface area contributed by atoms with Crippen molar-refractivity contribution in [2.24, 2.45) is 5.92 Å². The van der Waals surface area contributed by atoms with Gasteiger partial charge in [0.15, 0.2) is 0 Å². The van der Waals surface area contributed by atoms with Crippen molar-refractivity contribution in [1.82, 2.24) is 0 Å². The number of non-ortho nitro benzene ring substituents is 1. The van der Waals surface area contributed by atoms with Gasteiger partial charge < -0.3 is 4.90 Å². The van der Waals surface area contributed by atoms with Crippen molar-refractivity contribution in [3.05, 3.63) is 33.9 Å². The van der Waals surface area contributed by atoms with Crippen LogP contribution in [0.2, 0.25) is 0 Å². The van der Waals surface area contributed by atoms with Gasteiger partial charge in [-0.15, -0.1) is 0 Å². The van der Waals surface area contributed by atoms with Gasteiger partial charge in [0.25, 0.3) is 5.69 Å². The number of hydrogen-bond acceptors (Lipinski definition) is 4. The summed E-state index contributed by atoms with van der Waals surface area (Å²) in [5, 5.41) is 19.9. The summed E-state index contributed by atoms with van der Waals surface area (Å²) >= 11 is 0. The molecule has 2 rings (SSSR count). The minimum Gasteiger partial charge on any atom is -0.370 e. The fourth-order valence-electron chi connectivity index (χ4n) is 2.70. The summed E-state index contributed by atoms with van der Waals surface area (Å²) in [5.41, 5.74) is 1.20. The molecule has 0 radical (unpaired) electrons. The molecule has 0 aliphatic carbocycles. The molecule has 1 heterocycles. The lowest BCUT2D eigenvalue weighted by Gasteiger charge is -2.19. The van der Waals surface area contributed by atoms with E-state index in [1.165, 1.54) is 25.0 Å². The quantitative estimate of drug-likeness (QED) is 0.615. The van der Waals surface area contributed by atoms with Crippen LogP contribution in [-0.4, -0.2) is 18.0 Å². The largest absolute Gasteiger partial charge is 0.370 e. The Morgan fingerprint density at radius 2 is 2.37 bits per heavy atom. The molecule has 0 saturated carbocycles. The van der Waals surface area contributed by atoms with Gasteiger partial charge >= 0.3 is 0 Å². The monoisotopic (exact) mass is 259 g/mol. The zero-order chi connectivity index (χ0) is 13.8. The second-order valence-electron chi connectivity index (χ2n) is 4.96. The highest BCUT2D eigenvalue weighted by molar-refractivity contribution is 5.63. The standard InChI is InChI=1S/C14H17N3O2/c1-2-3-11-6-7-16(10-11)14-5-4-13(17(18)19)8-12(14)9-15/h4-5,8,11H,2-3,6-7,10H2,1H3. The fourth-order valence-corrected chi connectivity index (χ4v) is 2.70. The van der Waals surface area contributed by atoms with E-state index < -0.39 is 4.92 Å². The Hall–Kier alpha value is -2.09. The van der Waals surface area contributed by atoms with Gasteiger partial charge in [0.1, 0.15) is 6.07 Å². The van der Waals surface area contributed by atoms with E-state index in [4.69, 9.17) is 5.26 Å². The van der Waals surface area contributed by atoms with E-state index in [0.717, 1.165) is 25.2 Å². The summed E-state index contributed by atoms with van der Waals surface area (Å²) in [5.74, 6) is 0.673. The van der Waals surface area contributed by atoms with Gasteiger partial charge in [0, 0.05) is 25.2 Å². The molecule has 0 N–H and O–H groups in total. The molecule has 1 aliphatic rings. The summed E-state index contributed by atoms with van der Waals surface area (Å²) in [6.45, 7) is 4.05. The molecule has 5 heteroatoms. The number of benzene rings is 1. The maximum absolute atomic E-state index is 10.7. The molecule has 0 spiro atoms. The van der Waals surface area contributed by atoms with Gasteiger partial charge in [-0.3, -0.25) is 10.1 Å². The maximum atomic E-state index is 10.7. The number of nitro groups is 1. The Balaban J connectivity index is 2.22. The van der Waals surface area contributed by atoms with Crippen molar-refractivity contribution in [2.75, 3.05) is 18.0 Å². The predicted octanol–water partition coefficient (Wildman–Crippen LogP) is 3.09. The average Bonchev–Trinajstić information content (AvgIpc) is 2.86. The van der Waals surface area contributed by atoms with Gasteiger partial charge in [-0.1, -0.05) is 13.3 Å². The lowest BCUT2D eigenvalue weighted by Crippen LogP contribution is -2.20. The number of hydrogen-bond donors (Lipinski definition) is 0. The highest BCUT2D eigenvalue weighted by Gasteiger charge is 2.24. The molecule has 0 aromatic heterocycles. The zero-order valence-electron chi connectivity index (χ0n) is 11.0. The van der Waals surface area contributed by atoms with Crippen LogP contribution in [0.25, 0.3) is 0 Å². The topological polar surface area (TPSA) is 70.2 Å². The predicted molar refractivity (Wildman–Crippen MR) is 73.0 cm³/mol. The minimum atomic E-state index is -0.464. The van der Waals surface area contributed by atoms with Crippen LogP contribution >= 0.6 is 0 Å². The first-order valence-electron chi connectivity index (χ1n) is 6.59. The molecule has 19 heavy (non-hydrogen) atoms. The lowest BCUT2D eigenvalue weighted by molar-refractivity contribution is -0.384. The first-order chi connectivity index (χ1) is 9.15. The van der Waals surface area contributed by atoms with Gasteiger partial charge in [-0.2, -0.15) is 5.26 Å². The van der Waals surface area contributed by atoms with Crippen molar-refractivity contribution in [3.8, 4) is 6.07 Å². The minimum absolute atomic E-state index is 0.0235. The van der Waals surface area contributed by atoms with Crippen molar-refractivity contribution >= 4 is 11.4 Å². The third kappa shape index (κ3) is 2.84. The first-order valence-corrected chi connectivity index (χ1v) is 6.59. The average molecular weight is 259 g/mol. The van der Waals surface area contributed by atoms with Gasteiger partial charge in [0.2, 0.25) is 0 Å². The highest BCUT2D eigenvalue weighted by Crippen LogP contribution is 2.30. The van der Waals surface area contributed by atoms with E-state index in [2.05, 4.69) is 17.9 Å². The molecule has 0 amide bonds. The Morgan fingerprint density at radius 1 is 1.58 bits per heavy atom. The molecule has 1 aromatic carbocycles. The van der Waals surface area contributed by atoms with Crippen LogP contribution in [0, 0.1) is 27.4 Å². The molecule has 1 aromatic rings. The Kier molecular flexibility index (Phi) is 4.00. The third-order valence-corrected chi connectivity index (χ3v) is 3.63. The molecule has 1 saturated heterocycles. The smallest absolute Gasteiger partial charge is 0.270 e.